The van der Waals surface area contributed by atoms with Crippen LogP contribution in [-0.2, 0) is 11.2 Å². The first-order valence-electron chi connectivity index (χ1n) is 0.258. The monoisotopic (exact) mass is 140 g/mol. The molecule has 0 saturated carbocycles. The zero-order chi connectivity index (χ0) is 2.71. The average Bonchev–Trinajstić information content (AvgIpc) is 0.918. The summed E-state index contributed by atoms with van der Waals surface area (Å²) in [5.74, 6) is 0. The van der Waals surface area contributed by atoms with Crippen molar-refractivity contribution in [2.75, 3.05) is 0 Å². The Labute approximate surface area is 38.4 Å². The molecule has 0 spiro atoms. The molecular formula is H2NiOS2. The molecule has 0 unspecified atom stereocenters. The molecular weight excluding hydrogens is 139 g/mol. The molecule has 0 amide bonds. The molecule has 0 atom stereocenters. The molecule has 0 aromatic carbocycles. The van der Waals surface area contributed by atoms with Crippen LogP contribution in [0.25, 0.3) is 0 Å². The summed E-state index contributed by atoms with van der Waals surface area (Å²) < 4.78 is 0. The van der Waals surface area contributed by atoms with E-state index in [0.717, 1.165) is 11.2 Å². The number of rotatable bonds is 0. The topological polar surface area (TPSA) is 31.5 Å². The summed E-state index contributed by atoms with van der Waals surface area (Å²) in [5, 5.41) is 0. The van der Waals surface area contributed by atoms with E-state index in [-0.39, 0.29) is 5.48 Å². The van der Waals surface area contributed by atoms with Gasteiger partial charge in [0.25, 0.3) is 0 Å². The second kappa shape index (κ2) is 9.09. The Morgan fingerprint density at radius 3 is 1.25 bits per heavy atom. The van der Waals surface area contributed by atoms with E-state index in [4.69, 9.17) is 0 Å². The van der Waals surface area contributed by atoms with E-state index in [1.54, 1.807) is 0 Å². The van der Waals surface area contributed by atoms with Gasteiger partial charge in [-0.1, -0.05) is 0 Å². The molecule has 0 rings (SSSR count). The molecule has 0 bridgehead atoms. The molecule has 1 nitrogen and oxygen atoms in total. The van der Waals surface area contributed by atoms with Crippen molar-refractivity contribution >= 4 is 21.3 Å². The van der Waals surface area contributed by atoms with Crippen molar-refractivity contribution in [2.24, 2.45) is 0 Å². The predicted octanol–water partition coefficient (Wildman–Crippen LogP) is 0.469. The van der Waals surface area contributed by atoms with Gasteiger partial charge in [-0.05, 0) is 0 Å². The van der Waals surface area contributed by atoms with Gasteiger partial charge in [-0.3, -0.25) is 0 Å². The fraction of sp³-hybridized carbons (Fsp3) is 0. The van der Waals surface area contributed by atoms with Crippen LogP contribution in [0.1, 0.15) is 0 Å². The molecule has 0 saturated heterocycles. The molecule has 0 aromatic heterocycles. The summed E-state index contributed by atoms with van der Waals surface area (Å²) in [5.41, 5.74) is 0. The van der Waals surface area contributed by atoms with Crippen LogP contribution < -0.4 is 0 Å². The molecule has 0 aliphatic carbocycles. The van der Waals surface area contributed by atoms with Crippen LogP contribution in [0.15, 0.2) is 0 Å². The van der Waals surface area contributed by atoms with Gasteiger partial charge in [0.1, 0.15) is 0 Å². The van der Waals surface area contributed by atoms with Crippen LogP contribution in [0.5, 0.6) is 0 Å². The van der Waals surface area contributed by atoms with Gasteiger partial charge in [-0.25, -0.2) is 0 Å². The second-order valence-corrected chi connectivity index (χ2v) is 1.96. The molecule has 0 fully saturated rings. The zero-order valence-corrected chi connectivity index (χ0v) is 4.25. The van der Waals surface area contributed by atoms with Crippen molar-refractivity contribution < 1.29 is 16.7 Å². The minimum atomic E-state index is 0. The first-order valence-corrected chi connectivity index (χ1v) is 3.19. The van der Waals surface area contributed by atoms with Gasteiger partial charge in [0.2, 0.25) is 0 Å². The third-order valence-corrected chi connectivity index (χ3v) is 0. The third kappa shape index (κ3) is 13.0. The fourth-order valence-corrected chi connectivity index (χ4v) is 0. The Hall–Kier alpha value is 0.894. The van der Waals surface area contributed by atoms with Crippen molar-refractivity contribution in [3.8, 4) is 0 Å². The molecule has 4 heavy (non-hydrogen) atoms. The van der Waals surface area contributed by atoms with Gasteiger partial charge < -0.3 is 5.48 Å². The van der Waals surface area contributed by atoms with Crippen molar-refractivity contribution in [3.05, 3.63) is 0 Å². The van der Waals surface area contributed by atoms with Crippen LogP contribution >= 0.6 is 21.3 Å². The van der Waals surface area contributed by atoms with E-state index in [2.05, 4.69) is 21.3 Å². The van der Waals surface area contributed by atoms with Crippen molar-refractivity contribution in [1.29, 1.82) is 0 Å². The standard InChI is InChI=1S/Ni.H2O.2S/h;1H2;;. The quantitative estimate of drug-likeness (QED) is 0.459. The summed E-state index contributed by atoms with van der Waals surface area (Å²) in [4.78, 5) is 0. The molecule has 0 aromatic rings. The van der Waals surface area contributed by atoms with Crippen LogP contribution in [0.3, 0.4) is 0 Å². The Morgan fingerprint density at radius 1 is 1.25 bits per heavy atom. The van der Waals surface area contributed by atoms with E-state index in [1.165, 1.54) is 0 Å². The van der Waals surface area contributed by atoms with Crippen LogP contribution in [0.4, 0.5) is 0 Å². The van der Waals surface area contributed by atoms with E-state index in [0.29, 0.717) is 0 Å². The van der Waals surface area contributed by atoms with Crippen LogP contribution in [0, 0.1) is 0 Å². The van der Waals surface area contributed by atoms with Gasteiger partial charge in [0.15, 0.2) is 0 Å². The van der Waals surface area contributed by atoms with Crippen LogP contribution in [-0.4, -0.2) is 5.48 Å². The molecule has 30 valence electrons. The molecule has 0 aliphatic rings. The van der Waals surface area contributed by atoms with Gasteiger partial charge >= 0.3 is 32.6 Å². The maximum atomic E-state index is 4.15. The summed E-state index contributed by atoms with van der Waals surface area (Å²) in [6.07, 6.45) is 0. The van der Waals surface area contributed by atoms with E-state index in [1.807, 2.05) is 0 Å². The average molecular weight is 141 g/mol. The Bertz CT molecular complexity index is 27.0. The SMILES string of the molecule is O.[S]=[Ni]=[S]. The van der Waals surface area contributed by atoms with Gasteiger partial charge in [-0.2, -0.15) is 0 Å². The second-order valence-electron chi connectivity index (χ2n) is 0.0527. The van der Waals surface area contributed by atoms with E-state index >= 15 is 0 Å². The van der Waals surface area contributed by atoms with E-state index < -0.39 is 0 Å². The summed E-state index contributed by atoms with van der Waals surface area (Å²) in [6, 6.07) is 0. The predicted molar refractivity (Wildman–Crippen MR) is 18.8 cm³/mol. The molecule has 0 radical (unpaired) electrons. The summed E-state index contributed by atoms with van der Waals surface area (Å²) in [7, 11) is 8.29. The third-order valence-electron chi connectivity index (χ3n) is 0. The van der Waals surface area contributed by atoms with E-state index in [9.17, 15) is 0 Å². The zero-order valence-electron chi connectivity index (χ0n) is 1.63. The number of hydrogen-bond donors (Lipinski definition) is 0. The maximum absolute atomic E-state index is 4.15. The van der Waals surface area contributed by atoms with Crippen LogP contribution in [0.2, 0.25) is 0 Å². The van der Waals surface area contributed by atoms with Crippen molar-refractivity contribution in [3.63, 3.8) is 0 Å². The van der Waals surface area contributed by atoms with Gasteiger partial charge in [0.05, 0.1) is 0 Å². The Kier molecular flexibility index (Phi) is 20.1. The number of hydrogen-bond acceptors (Lipinski definition) is 2. The first-order chi connectivity index (χ1) is 1.41. The molecule has 4 heteroatoms. The normalized spacial score (nSPS) is 5.00. The van der Waals surface area contributed by atoms with Crippen molar-refractivity contribution in [2.45, 2.75) is 0 Å². The molecule has 2 N–H and O–H groups in total. The van der Waals surface area contributed by atoms with Gasteiger partial charge in [0, 0.05) is 0 Å². The van der Waals surface area contributed by atoms with Gasteiger partial charge in [-0.15, -0.1) is 0 Å². The minimum absolute atomic E-state index is 0. The first kappa shape index (κ1) is 8.86. The van der Waals surface area contributed by atoms with Crippen molar-refractivity contribution in [1.82, 2.24) is 0 Å². The Morgan fingerprint density at radius 2 is 1.25 bits per heavy atom. The Balaban J connectivity index is 0. The fourth-order valence-electron chi connectivity index (χ4n) is 0. The summed E-state index contributed by atoms with van der Waals surface area (Å²) in [6.45, 7) is 0. The molecule has 0 heterocycles. The summed E-state index contributed by atoms with van der Waals surface area (Å²) >= 11 is 0.792. The molecule has 0 aliphatic heterocycles.